The highest BCUT2D eigenvalue weighted by Crippen LogP contribution is 2.19. The monoisotopic (exact) mass is 338 g/mol. The second-order valence-electron chi connectivity index (χ2n) is 6.14. The van der Waals surface area contributed by atoms with Crippen molar-refractivity contribution in [2.75, 3.05) is 11.9 Å². The first-order valence-corrected chi connectivity index (χ1v) is 8.59. The van der Waals surface area contributed by atoms with Crippen LogP contribution in [0.3, 0.4) is 0 Å². The third-order valence-corrected chi connectivity index (χ3v) is 3.90. The minimum atomic E-state index is -0.0631. The Kier molecular flexibility index (Phi) is 5.67. The first-order chi connectivity index (χ1) is 12.2. The van der Waals surface area contributed by atoms with Crippen LogP contribution >= 0.6 is 0 Å². The predicted molar refractivity (Wildman–Crippen MR) is 96.7 cm³/mol. The maximum Gasteiger partial charge on any atom is 0.251 e. The van der Waals surface area contributed by atoms with Crippen LogP contribution in [0.1, 0.15) is 36.0 Å². The molecule has 0 saturated heterocycles. The fourth-order valence-corrected chi connectivity index (χ4v) is 2.36. The number of benzene rings is 2. The van der Waals surface area contributed by atoms with Gasteiger partial charge in [-0.25, -0.2) is 0 Å². The van der Waals surface area contributed by atoms with E-state index in [1.165, 1.54) is 0 Å². The number of amides is 2. The smallest absolute Gasteiger partial charge is 0.251 e. The Hall–Kier alpha value is -2.82. The van der Waals surface area contributed by atoms with Crippen molar-refractivity contribution >= 4 is 17.5 Å². The molecule has 5 heteroatoms. The highest BCUT2D eigenvalue weighted by atomic mass is 16.5. The van der Waals surface area contributed by atoms with E-state index in [4.69, 9.17) is 4.74 Å². The van der Waals surface area contributed by atoms with Crippen LogP contribution in [0.15, 0.2) is 54.6 Å². The lowest BCUT2D eigenvalue weighted by molar-refractivity contribution is -0.116. The highest BCUT2D eigenvalue weighted by Gasteiger charge is 2.23. The topological polar surface area (TPSA) is 67.4 Å². The summed E-state index contributed by atoms with van der Waals surface area (Å²) in [5.74, 6) is 0.688. The lowest BCUT2D eigenvalue weighted by atomic mass is 10.2. The SMILES string of the molecule is O=C(CCCOc1ccccc1)Nc1ccc(C(=O)NC2CC2)cc1. The number of anilines is 1. The molecule has 5 nitrogen and oxygen atoms in total. The Morgan fingerprint density at radius 2 is 1.72 bits per heavy atom. The average molecular weight is 338 g/mol. The molecule has 0 aromatic heterocycles. The van der Waals surface area contributed by atoms with Gasteiger partial charge in [0.25, 0.3) is 5.91 Å². The fourth-order valence-electron chi connectivity index (χ4n) is 2.36. The van der Waals surface area contributed by atoms with Crippen LogP contribution < -0.4 is 15.4 Å². The molecule has 2 amide bonds. The molecule has 0 radical (unpaired) electrons. The molecule has 130 valence electrons. The summed E-state index contributed by atoms with van der Waals surface area (Å²) in [5, 5.41) is 5.77. The summed E-state index contributed by atoms with van der Waals surface area (Å²) in [6.45, 7) is 0.498. The van der Waals surface area contributed by atoms with Gasteiger partial charge in [-0.1, -0.05) is 18.2 Å². The summed E-state index contributed by atoms with van der Waals surface area (Å²) in [4.78, 5) is 23.9. The molecule has 25 heavy (non-hydrogen) atoms. The maximum absolute atomic E-state index is 12.0. The largest absolute Gasteiger partial charge is 0.494 e. The third kappa shape index (κ3) is 5.64. The van der Waals surface area contributed by atoms with Crippen molar-refractivity contribution < 1.29 is 14.3 Å². The van der Waals surface area contributed by atoms with Crippen molar-refractivity contribution in [2.24, 2.45) is 0 Å². The molecule has 0 bridgehead atoms. The van der Waals surface area contributed by atoms with Crippen molar-refractivity contribution in [3.05, 3.63) is 60.2 Å². The average Bonchev–Trinajstić information content (AvgIpc) is 3.44. The normalized spacial score (nSPS) is 13.1. The van der Waals surface area contributed by atoms with E-state index < -0.39 is 0 Å². The molecule has 2 aromatic carbocycles. The van der Waals surface area contributed by atoms with Gasteiger partial charge in [-0.05, 0) is 55.7 Å². The van der Waals surface area contributed by atoms with Crippen molar-refractivity contribution in [3.8, 4) is 5.75 Å². The second kappa shape index (κ2) is 8.33. The number of rotatable bonds is 8. The van der Waals surface area contributed by atoms with Crippen LogP contribution in [0.5, 0.6) is 5.75 Å². The lowest BCUT2D eigenvalue weighted by Crippen LogP contribution is -2.25. The molecule has 0 unspecified atom stereocenters. The quantitative estimate of drug-likeness (QED) is 0.725. The zero-order chi connectivity index (χ0) is 17.5. The standard InChI is InChI=1S/C20H22N2O3/c23-19(7-4-14-25-18-5-2-1-3-6-18)21-16-10-8-15(9-11-16)20(24)22-17-12-13-17/h1-3,5-6,8-11,17H,4,7,12-14H2,(H,21,23)(H,22,24). The van der Waals surface area contributed by atoms with Gasteiger partial charge in [0.15, 0.2) is 0 Å². The number of hydrogen-bond donors (Lipinski definition) is 2. The zero-order valence-electron chi connectivity index (χ0n) is 14.0. The van der Waals surface area contributed by atoms with Crippen LogP contribution in [0.4, 0.5) is 5.69 Å². The summed E-state index contributed by atoms with van der Waals surface area (Å²) < 4.78 is 5.56. The van der Waals surface area contributed by atoms with E-state index in [-0.39, 0.29) is 11.8 Å². The number of carbonyl (C=O) groups excluding carboxylic acids is 2. The van der Waals surface area contributed by atoms with Crippen molar-refractivity contribution in [1.29, 1.82) is 0 Å². The summed E-state index contributed by atoms with van der Waals surface area (Å²) in [6, 6.07) is 16.8. The molecule has 1 saturated carbocycles. The molecule has 1 fully saturated rings. The molecule has 0 spiro atoms. The highest BCUT2D eigenvalue weighted by molar-refractivity contribution is 5.96. The van der Waals surface area contributed by atoms with Crippen LogP contribution in [0.2, 0.25) is 0 Å². The molecule has 0 aliphatic heterocycles. The molecule has 0 heterocycles. The van der Waals surface area contributed by atoms with Gasteiger partial charge in [-0.3, -0.25) is 9.59 Å². The van der Waals surface area contributed by atoms with Crippen LogP contribution in [0.25, 0.3) is 0 Å². The first-order valence-electron chi connectivity index (χ1n) is 8.59. The Morgan fingerprint density at radius 1 is 1.00 bits per heavy atom. The van der Waals surface area contributed by atoms with Gasteiger partial charge in [0.05, 0.1) is 6.61 Å². The van der Waals surface area contributed by atoms with Gasteiger partial charge in [0, 0.05) is 23.7 Å². The summed E-state index contributed by atoms with van der Waals surface area (Å²) in [7, 11) is 0. The Morgan fingerprint density at radius 3 is 2.40 bits per heavy atom. The Bertz CT molecular complexity index is 709. The zero-order valence-corrected chi connectivity index (χ0v) is 14.0. The summed E-state index contributed by atoms with van der Waals surface area (Å²) >= 11 is 0. The summed E-state index contributed by atoms with van der Waals surface area (Å²) in [5.41, 5.74) is 1.30. The maximum atomic E-state index is 12.0. The van der Waals surface area contributed by atoms with Crippen molar-refractivity contribution in [1.82, 2.24) is 5.32 Å². The van der Waals surface area contributed by atoms with Gasteiger partial charge in [-0.2, -0.15) is 0 Å². The van der Waals surface area contributed by atoms with Gasteiger partial charge < -0.3 is 15.4 Å². The van der Waals surface area contributed by atoms with E-state index in [1.807, 2.05) is 30.3 Å². The lowest BCUT2D eigenvalue weighted by Gasteiger charge is -2.08. The molecule has 1 aliphatic rings. The van der Waals surface area contributed by atoms with E-state index in [9.17, 15) is 9.59 Å². The van der Waals surface area contributed by atoms with E-state index in [1.54, 1.807) is 24.3 Å². The van der Waals surface area contributed by atoms with Gasteiger partial charge >= 0.3 is 0 Å². The van der Waals surface area contributed by atoms with Crippen LogP contribution in [0, 0.1) is 0 Å². The molecular weight excluding hydrogens is 316 g/mol. The number of para-hydroxylation sites is 1. The molecule has 3 rings (SSSR count). The van der Waals surface area contributed by atoms with Gasteiger partial charge in [-0.15, -0.1) is 0 Å². The minimum Gasteiger partial charge on any atom is -0.494 e. The Labute approximate surface area is 147 Å². The molecule has 0 atom stereocenters. The first kappa shape index (κ1) is 17.0. The minimum absolute atomic E-state index is 0.0570. The number of ether oxygens (including phenoxy) is 1. The van der Waals surface area contributed by atoms with E-state index in [0.717, 1.165) is 18.6 Å². The van der Waals surface area contributed by atoms with E-state index in [2.05, 4.69) is 10.6 Å². The molecule has 2 N–H and O–H groups in total. The number of nitrogens with one attached hydrogen (secondary N) is 2. The predicted octanol–water partition coefficient (Wildman–Crippen LogP) is 3.38. The summed E-state index contributed by atoms with van der Waals surface area (Å²) in [6.07, 6.45) is 3.15. The molecule has 2 aromatic rings. The number of hydrogen-bond acceptors (Lipinski definition) is 3. The van der Waals surface area contributed by atoms with Crippen molar-refractivity contribution in [2.45, 2.75) is 31.7 Å². The Balaban J connectivity index is 1.37. The van der Waals surface area contributed by atoms with E-state index in [0.29, 0.717) is 36.7 Å². The van der Waals surface area contributed by atoms with Gasteiger partial charge in [0.1, 0.15) is 5.75 Å². The van der Waals surface area contributed by atoms with E-state index >= 15 is 0 Å². The van der Waals surface area contributed by atoms with Gasteiger partial charge in [0.2, 0.25) is 5.91 Å². The molecular formula is C20H22N2O3. The van der Waals surface area contributed by atoms with Crippen molar-refractivity contribution in [3.63, 3.8) is 0 Å². The van der Waals surface area contributed by atoms with Crippen LogP contribution in [-0.2, 0) is 4.79 Å². The number of carbonyl (C=O) groups is 2. The third-order valence-electron chi connectivity index (χ3n) is 3.90. The fraction of sp³-hybridized carbons (Fsp3) is 0.300. The molecule has 1 aliphatic carbocycles. The second-order valence-corrected chi connectivity index (χ2v) is 6.14. The van der Waals surface area contributed by atoms with Crippen LogP contribution in [-0.4, -0.2) is 24.5 Å².